The molecule has 0 atom stereocenters. The summed E-state index contributed by atoms with van der Waals surface area (Å²) in [6.07, 6.45) is 9.80. The molecule has 0 saturated heterocycles. The van der Waals surface area contributed by atoms with Crippen molar-refractivity contribution in [2.45, 2.75) is 197 Å². The summed E-state index contributed by atoms with van der Waals surface area (Å²) in [6, 6.07) is 28.4. The Hall–Kier alpha value is -3.74. The highest BCUT2D eigenvalue weighted by Gasteiger charge is 2.54. The molecule has 2 heterocycles. The van der Waals surface area contributed by atoms with Crippen molar-refractivity contribution in [1.82, 2.24) is 8.28 Å². The summed E-state index contributed by atoms with van der Waals surface area (Å²) in [6.45, 7) is 53.7. The molecule has 0 amide bonds. The Morgan fingerprint density at radius 1 is 0.319 bits per heavy atom. The Balaban J connectivity index is 1.72. The highest BCUT2D eigenvalue weighted by Crippen LogP contribution is 2.46. The number of nitrogens with zero attached hydrogens (tertiary/aromatic N) is 6. The molecule has 2 aliphatic rings. The summed E-state index contributed by atoms with van der Waals surface area (Å²) >= 11 is 0. The molecular weight excluding hydrogens is 887 g/mol. The van der Waals surface area contributed by atoms with Crippen molar-refractivity contribution in [3.63, 3.8) is 0 Å². The van der Waals surface area contributed by atoms with Crippen molar-refractivity contribution in [2.75, 3.05) is 19.2 Å². The molecule has 6 nitrogen and oxygen atoms in total. The molecule has 0 aliphatic carbocycles. The van der Waals surface area contributed by atoms with E-state index < -0.39 is 16.5 Å². The summed E-state index contributed by atoms with van der Waals surface area (Å²) in [4.78, 5) is 10.9. The van der Waals surface area contributed by atoms with Crippen LogP contribution in [0.15, 0.2) is 97.6 Å². The smallest absolute Gasteiger partial charge is 0.356 e. The second kappa shape index (κ2) is 21.5. The van der Waals surface area contributed by atoms with Crippen molar-refractivity contribution in [2.24, 2.45) is 0 Å². The maximum atomic E-state index is 3.03. The first-order valence-electron chi connectivity index (χ1n) is 26.6. The third-order valence-electron chi connectivity index (χ3n) is 14.3. The lowest BCUT2D eigenvalue weighted by molar-refractivity contribution is 0.805. The van der Waals surface area contributed by atoms with Crippen LogP contribution < -0.4 is 19.2 Å². The first-order valence-corrected chi connectivity index (χ1v) is 34.3. The zero-order valence-electron chi connectivity index (χ0n) is 47.2. The molecule has 0 saturated carbocycles. The second-order valence-electron chi connectivity index (χ2n) is 24.5. The quantitative estimate of drug-likeness (QED) is 0.0919. The van der Waals surface area contributed by atoms with Gasteiger partial charge in [-0.25, -0.2) is 0 Å². The van der Waals surface area contributed by atoms with E-state index in [1.807, 2.05) is 0 Å². The van der Waals surface area contributed by atoms with Crippen LogP contribution in [0.2, 0.25) is 39.3 Å². The minimum atomic E-state index is -2.24. The predicted octanol–water partition coefficient (Wildman–Crippen LogP) is 16.7. The summed E-state index contributed by atoms with van der Waals surface area (Å²) in [5.74, 6) is 2.86. The number of benzene rings is 4. The number of rotatable bonds is 18. The van der Waals surface area contributed by atoms with E-state index >= 15 is 0 Å². The van der Waals surface area contributed by atoms with E-state index in [1.54, 1.807) is 0 Å². The molecule has 0 N–H and O–H groups in total. The van der Waals surface area contributed by atoms with Crippen molar-refractivity contribution in [3.8, 4) is 0 Å². The lowest BCUT2D eigenvalue weighted by Crippen LogP contribution is -2.75. The molecular formula is C58H90B2N6Si3. The molecule has 4 aromatic rings. The lowest BCUT2D eigenvalue weighted by atomic mass is 9.82. The van der Waals surface area contributed by atoms with Crippen LogP contribution in [0.25, 0.3) is 0 Å². The second-order valence-corrected chi connectivity index (χ2v) is 36.2. The van der Waals surface area contributed by atoms with E-state index in [4.69, 9.17) is 0 Å². The fraction of sp³-hybridized carbons (Fsp3) is 0.517. The first kappa shape index (κ1) is 54.6. The van der Waals surface area contributed by atoms with Gasteiger partial charge in [-0.1, -0.05) is 223 Å². The summed E-state index contributed by atoms with van der Waals surface area (Å²) in [7, 11) is -4.29. The molecule has 370 valence electrons. The molecule has 4 aromatic carbocycles. The topological polar surface area (TPSA) is 19.4 Å². The van der Waals surface area contributed by atoms with E-state index in [-0.39, 0.29) is 14.2 Å². The van der Waals surface area contributed by atoms with Gasteiger partial charge in [-0.05, 0) is 91.9 Å². The van der Waals surface area contributed by atoms with E-state index in [2.05, 4.69) is 275 Å². The predicted molar refractivity (Wildman–Crippen MR) is 314 cm³/mol. The van der Waals surface area contributed by atoms with E-state index in [0.29, 0.717) is 57.2 Å². The van der Waals surface area contributed by atoms with Gasteiger partial charge in [0.1, 0.15) is 16.5 Å². The van der Waals surface area contributed by atoms with Gasteiger partial charge < -0.3 is 27.5 Å². The van der Waals surface area contributed by atoms with Crippen LogP contribution in [0.1, 0.15) is 203 Å². The summed E-state index contributed by atoms with van der Waals surface area (Å²) < 4.78 is 6.05. The third-order valence-corrected chi connectivity index (χ3v) is 23.2. The molecule has 0 aromatic heterocycles. The monoisotopic (exact) mass is 977 g/mol. The molecule has 69 heavy (non-hydrogen) atoms. The molecule has 11 heteroatoms. The largest absolute Gasteiger partial charge is 0.466 e. The van der Waals surface area contributed by atoms with Crippen LogP contribution in [0.5, 0.6) is 0 Å². The molecule has 0 bridgehead atoms. The maximum absolute atomic E-state index is 3.03. The normalized spacial score (nSPS) is 15.0. The minimum Gasteiger partial charge on any atom is -0.356 e. The standard InChI is InChI=1S/C58H90B2N6Si3/c1-39(2)47-27-23-28-48(40(3)4)55(47)61-35-36-62(56-49(41(5)6)29-24-30-50(56)42(7)8)59(61)65(68(17,18)19)67-66(69(20,21)22)60-63(57-51(43(9)10)31-25-32-52(57)44(11)12)37-38-64(60)58-53(45(13)14)33-26-34-54(58)46(15)16/h23-46H,1-22H3. The molecule has 0 spiro atoms. The number of para-hydroxylation sites is 4. The van der Waals surface area contributed by atoms with Gasteiger partial charge >= 0.3 is 14.2 Å². The molecule has 2 radical (unpaired) electrons. The highest BCUT2D eigenvalue weighted by atomic mass is 28.4. The van der Waals surface area contributed by atoms with E-state index in [0.717, 1.165) is 0 Å². The van der Waals surface area contributed by atoms with Crippen molar-refractivity contribution in [1.29, 1.82) is 0 Å². The van der Waals surface area contributed by atoms with Crippen LogP contribution in [-0.2, 0) is 0 Å². The Labute approximate surface area is 428 Å². The fourth-order valence-electron chi connectivity index (χ4n) is 10.6. The van der Waals surface area contributed by atoms with Gasteiger partial charge in [0.15, 0.2) is 0 Å². The molecule has 0 unspecified atom stereocenters. The Morgan fingerprint density at radius 3 is 0.609 bits per heavy atom. The van der Waals surface area contributed by atoms with Crippen molar-refractivity contribution in [3.05, 3.63) is 142 Å². The summed E-state index contributed by atoms with van der Waals surface area (Å²) in [5, 5.41) is 0. The SMILES string of the molecule is CC(C)c1cccc(C(C)C)c1N1C=CN(c2c(C(C)C)cccc2C(C)C)B1N([Si]N(B1N(c2c(C(C)C)cccc2C(C)C)C=CN1c1c(C(C)C)cccc1C(C)C)[Si](C)(C)C)[Si](C)(C)C. The van der Waals surface area contributed by atoms with Crippen LogP contribution in [0.4, 0.5) is 22.7 Å². The Bertz CT molecular complexity index is 2040. The third kappa shape index (κ3) is 11.0. The Morgan fingerprint density at radius 2 is 0.478 bits per heavy atom. The highest BCUT2D eigenvalue weighted by molar-refractivity contribution is 6.99. The zero-order chi connectivity index (χ0) is 51.2. The van der Waals surface area contributed by atoms with Gasteiger partial charge in [0.05, 0.1) is 0 Å². The average molecular weight is 977 g/mol. The molecule has 2 aliphatic heterocycles. The van der Waals surface area contributed by atoms with Gasteiger partial charge in [-0.2, -0.15) is 0 Å². The van der Waals surface area contributed by atoms with Gasteiger partial charge in [0, 0.05) is 47.5 Å². The lowest BCUT2D eigenvalue weighted by Gasteiger charge is -2.51. The molecule has 6 rings (SSSR count). The Kier molecular flexibility index (Phi) is 17.0. The van der Waals surface area contributed by atoms with Gasteiger partial charge in [-0.15, -0.1) is 0 Å². The van der Waals surface area contributed by atoms with Gasteiger partial charge in [0.2, 0.25) is 9.84 Å². The van der Waals surface area contributed by atoms with Gasteiger partial charge in [-0.3, -0.25) is 0 Å². The number of hydrogen-bond donors (Lipinski definition) is 0. The number of hydrogen-bond acceptors (Lipinski definition) is 6. The first-order chi connectivity index (χ1) is 32.2. The van der Waals surface area contributed by atoms with Crippen molar-refractivity contribution < 1.29 is 0 Å². The maximum Gasteiger partial charge on any atom is 0.466 e. The van der Waals surface area contributed by atoms with Gasteiger partial charge in [0.25, 0.3) is 0 Å². The van der Waals surface area contributed by atoms with E-state index in [9.17, 15) is 0 Å². The minimum absolute atomic E-state index is 0.0942. The van der Waals surface area contributed by atoms with Crippen LogP contribution >= 0.6 is 0 Å². The zero-order valence-corrected chi connectivity index (χ0v) is 50.2. The average Bonchev–Trinajstić information content (AvgIpc) is 3.89. The van der Waals surface area contributed by atoms with Crippen LogP contribution in [0.3, 0.4) is 0 Å². The molecule has 0 fully saturated rings. The fourth-order valence-corrected chi connectivity index (χ4v) is 16.7. The van der Waals surface area contributed by atoms with E-state index in [1.165, 1.54) is 67.3 Å². The summed E-state index contributed by atoms with van der Waals surface area (Å²) in [5.41, 5.74) is 16.8. The van der Waals surface area contributed by atoms with Crippen LogP contribution in [-0.4, -0.2) is 48.8 Å². The number of anilines is 4. The van der Waals surface area contributed by atoms with Crippen molar-refractivity contribution >= 4 is 63.3 Å². The van der Waals surface area contributed by atoms with Crippen LogP contribution in [0, 0.1) is 0 Å².